The molecule has 2 atom stereocenters. The molecule has 1 spiro atoms. The van der Waals surface area contributed by atoms with Gasteiger partial charge >= 0.3 is 0 Å². The van der Waals surface area contributed by atoms with Gasteiger partial charge < -0.3 is 0 Å². The largest absolute Gasteiger partial charge is 0.299 e. The summed E-state index contributed by atoms with van der Waals surface area (Å²) in [4.78, 5) is 32.5. The molecule has 3 rings (SSSR count). The zero-order valence-electron chi connectivity index (χ0n) is 13.1. The third kappa shape index (κ3) is 3.31. The lowest BCUT2D eigenvalue weighted by Crippen LogP contribution is -2.42. The van der Waals surface area contributed by atoms with E-state index in [1.54, 1.807) is 6.92 Å². The van der Waals surface area contributed by atoms with Crippen LogP contribution in [0.3, 0.4) is 0 Å². The third-order valence-electron chi connectivity index (χ3n) is 5.05. The summed E-state index contributed by atoms with van der Waals surface area (Å²) in [7, 11) is 0. The third-order valence-corrected chi connectivity index (χ3v) is 5.05. The predicted octanol–water partition coefficient (Wildman–Crippen LogP) is 3.53. The van der Waals surface area contributed by atoms with Gasteiger partial charge in [-0.25, -0.2) is 18.7 Å². The fourth-order valence-corrected chi connectivity index (χ4v) is 4.20. The molecule has 6 heteroatoms. The Hall–Kier alpha value is -1.72. The molecule has 4 nitrogen and oxygen atoms in total. The standard InChI is InChI=1S/C17H20F2N2O2/c1-11-20-6-4-13(21-11)14(22)7-12-8-16(5-2-3-15(16)23)10-17(18,19)9-12/h4,6,12H,2-3,5,7-10H2,1H3/t12-,16+/m1/s1. The van der Waals surface area contributed by atoms with E-state index in [9.17, 15) is 18.4 Å². The second-order valence-corrected chi connectivity index (χ2v) is 6.98. The Morgan fingerprint density at radius 1 is 1.39 bits per heavy atom. The number of hydrogen-bond acceptors (Lipinski definition) is 4. The van der Waals surface area contributed by atoms with Gasteiger partial charge in [0, 0.05) is 37.3 Å². The smallest absolute Gasteiger partial charge is 0.249 e. The van der Waals surface area contributed by atoms with E-state index < -0.39 is 17.3 Å². The van der Waals surface area contributed by atoms with Crippen LogP contribution in [0, 0.1) is 18.3 Å². The van der Waals surface area contributed by atoms with Crippen molar-refractivity contribution in [3.05, 3.63) is 23.8 Å². The van der Waals surface area contributed by atoms with Crippen molar-refractivity contribution in [1.82, 2.24) is 9.97 Å². The number of nitrogens with zero attached hydrogens (tertiary/aromatic N) is 2. The zero-order chi connectivity index (χ0) is 16.7. The fraction of sp³-hybridized carbons (Fsp3) is 0.647. The van der Waals surface area contributed by atoms with E-state index in [-0.39, 0.29) is 36.5 Å². The van der Waals surface area contributed by atoms with Gasteiger partial charge in [-0.2, -0.15) is 0 Å². The first kappa shape index (κ1) is 16.1. The van der Waals surface area contributed by atoms with E-state index in [0.29, 0.717) is 31.5 Å². The van der Waals surface area contributed by atoms with Crippen molar-refractivity contribution >= 4 is 11.6 Å². The fourth-order valence-electron chi connectivity index (χ4n) is 4.20. The Labute approximate surface area is 133 Å². The summed E-state index contributed by atoms with van der Waals surface area (Å²) in [6.45, 7) is 1.68. The predicted molar refractivity (Wildman–Crippen MR) is 79.3 cm³/mol. The summed E-state index contributed by atoms with van der Waals surface area (Å²) < 4.78 is 28.3. The van der Waals surface area contributed by atoms with Gasteiger partial charge in [0.1, 0.15) is 17.3 Å². The van der Waals surface area contributed by atoms with Gasteiger partial charge in [0.2, 0.25) is 5.92 Å². The maximum atomic E-state index is 14.2. The van der Waals surface area contributed by atoms with Crippen molar-refractivity contribution in [1.29, 1.82) is 0 Å². The van der Waals surface area contributed by atoms with E-state index in [1.165, 1.54) is 12.3 Å². The van der Waals surface area contributed by atoms with Gasteiger partial charge in [-0.15, -0.1) is 0 Å². The molecule has 0 aliphatic heterocycles. The molecule has 0 amide bonds. The first-order valence-electron chi connectivity index (χ1n) is 8.04. The van der Waals surface area contributed by atoms with Crippen LogP contribution < -0.4 is 0 Å². The van der Waals surface area contributed by atoms with Gasteiger partial charge in [0.25, 0.3) is 0 Å². The molecule has 1 aromatic rings. The van der Waals surface area contributed by atoms with Crippen LogP contribution >= 0.6 is 0 Å². The lowest BCUT2D eigenvalue weighted by Gasteiger charge is -2.41. The average molecular weight is 322 g/mol. The van der Waals surface area contributed by atoms with Gasteiger partial charge in [0.05, 0.1) is 0 Å². The minimum Gasteiger partial charge on any atom is -0.299 e. The van der Waals surface area contributed by atoms with Crippen molar-refractivity contribution in [2.75, 3.05) is 0 Å². The highest BCUT2D eigenvalue weighted by Gasteiger charge is 2.54. The number of aromatic nitrogens is 2. The van der Waals surface area contributed by atoms with Crippen LogP contribution in [0.4, 0.5) is 8.78 Å². The molecule has 0 unspecified atom stereocenters. The molecule has 0 bridgehead atoms. The number of carbonyl (C=O) groups excluding carboxylic acids is 2. The first-order chi connectivity index (χ1) is 10.8. The lowest BCUT2D eigenvalue weighted by atomic mass is 9.65. The first-order valence-corrected chi connectivity index (χ1v) is 8.04. The summed E-state index contributed by atoms with van der Waals surface area (Å²) >= 11 is 0. The number of alkyl halides is 2. The zero-order valence-corrected chi connectivity index (χ0v) is 13.1. The van der Waals surface area contributed by atoms with Crippen molar-refractivity contribution < 1.29 is 18.4 Å². The number of Topliss-reactive ketones (excluding diaryl/α,β-unsaturated/α-hetero) is 2. The van der Waals surface area contributed by atoms with Crippen LogP contribution in [-0.4, -0.2) is 27.5 Å². The lowest BCUT2D eigenvalue weighted by molar-refractivity contribution is -0.143. The SMILES string of the molecule is Cc1nccc(C(=O)C[C@H]2CC(F)(F)C[C@]3(CCCC3=O)C2)n1. The van der Waals surface area contributed by atoms with Crippen molar-refractivity contribution in [3.63, 3.8) is 0 Å². The topological polar surface area (TPSA) is 59.9 Å². The number of rotatable bonds is 3. The van der Waals surface area contributed by atoms with E-state index in [1.807, 2.05) is 0 Å². The molecular formula is C17H20F2N2O2. The Kier molecular flexibility index (Phi) is 4.02. The van der Waals surface area contributed by atoms with Crippen LogP contribution in [0.5, 0.6) is 0 Å². The normalized spacial score (nSPS) is 29.9. The molecule has 2 aliphatic carbocycles. The maximum absolute atomic E-state index is 14.2. The molecule has 23 heavy (non-hydrogen) atoms. The number of carbonyl (C=O) groups is 2. The van der Waals surface area contributed by atoms with Gasteiger partial charge in [-0.05, 0) is 38.2 Å². The molecular weight excluding hydrogens is 302 g/mol. The molecule has 0 aromatic carbocycles. The Balaban J connectivity index is 1.77. The highest BCUT2D eigenvalue weighted by Crippen LogP contribution is 2.54. The minimum absolute atomic E-state index is 0.0150. The van der Waals surface area contributed by atoms with Gasteiger partial charge in [-0.3, -0.25) is 9.59 Å². The molecule has 2 aliphatic rings. The van der Waals surface area contributed by atoms with E-state index in [4.69, 9.17) is 0 Å². The number of ketones is 2. The van der Waals surface area contributed by atoms with Crippen molar-refractivity contribution in [3.8, 4) is 0 Å². The second-order valence-electron chi connectivity index (χ2n) is 6.98. The van der Waals surface area contributed by atoms with E-state index >= 15 is 0 Å². The van der Waals surface area contributed by atoms with Gasteiger partial charge in [-0.1, -0.05) is 0 Å². The number of hydrogen-bond donors (Lipinski definition) is 0. The Morgan fingerprint density at radius 2 is 2.17 bits per heavy atom. The van der Waals surface area contributed by atoms with Crippen molar-refractivity contribution in [2.45, 2.75) is 57.8 Å². The molecule has 0 saturated heterocycles. The molecule has 0 N–H and O–H groups in total. The molecule has 2 saturated carbocycles. The molecule has 2 fully saturated rings. The summed E-state index contributed by atoms with van der Waals surface area (Å²) in [5, 5.41) is 0. The van der Waals surface area contributed by atoms with Crippen LogP contribution in [-0.2, 0) is 4.79 Å². The molecule has 1 heterocycles. The summed E-state index contributed by atoms with van der Waals surface area (Å²) in [6.07, 6.45) is 2.83. The molecule has 1 aromatic heterocycles. The minimum atomic E-state index is -2.87. The monoisotopic (exact) mass is 322 g/mol. The molecule has 0 radical (unpaired) electrons. The second kappa shape index (κ2) is 5.73. The van der Waals surface area contributed by atoms with Crippen LogP contribution in [0.2, 0.25) is 0 Å². The highest BCUT2D eigenvalue weighted by molar-refractivity contribution is 5.94. The molecule has 124 valence electrons. The quantitative estimate of drug-likeness (QED) is 0.799. The number of aryl methyl sites for hydroxylation is 1. The maximum Gasteiger partial charge on any atom is 0.249 e. The Bertz CT molecular complexity index is 647. The average Bonchev–Trinajstić information content (AvgIpc) is 2.77. The van der Waals surface area contributed by atoms with E-state index in [2.05, 4.69) is 9.97 Å². The van der Waals surface area contributed by atoms with Crippen LogP contribution in [0.1, 0.15) is 61.3 Å². The summed E-state index contributed by atoms with van der Waals surface area (Å²) in [5.74, 6) is -3.16. The summed E-state index contributed by atoms with van der Waals surface area (Å²) in [5.41, 5.74) is -0.646. The van der Waals surface area contributed by atoms with Crippen molar-refractivity contribution in [2.24, 2.45) is 11.3 Å². The Morgan fingerprint density at radius 3 is 2.83 bits per heavy atom. The van der Waals surface area contributed by atoms with E-state index in [0.717, 1.165) is 0 Å². The van der Waals surface area contributed by atoms with Crippen LogP contribution in [0.25, 0.3) is 0 Å². The van der Waals surface area contributed by atoms with Gasteiger partial charge in [0.15, 0.2) is 5.78 Å². The highest BCUT2D eigenvalue weighted by atomic mass is 19.3. The number of halogens is 2. The van der Waals surface area contributed by atoms with Crippen LogP contribution in [0.15, 0.2) is 12.3 Å². The summed E-state index contributed by atoms with van der Waals surface area (Å²) in [6, 6.07) is 1.51.